The van der Waals surface area contributed by atoms with E-state index >= 15 is 0 Å². The maximum absolute atomic E-state index is 12.5. The quantitative estimate of drug-likeness (QED) is 0.247. The molecule has 0 saturated carbocycles. The van der Waals surface area contributed by atoms with Crippen molar-refractivity contribution < 1.29 is 23.6 Å². The van der Waals surface area contributed by atoms with Crippen molar-refractivity contribution in [3.8, 4) is 22.8 Å². The van der Waals surface area contributed by atoms with Gasteiger partial charge in [0.15, 0.2) is 11.5 Å². The lowest BCUT2D eigenvalue weighted by Gasteiger charge is -2.25. The second-order valence-corrected chi connectivity index (χ2v) is 7.83. The van der Waals surface area contributed by atoms with Gasteiger partial charge < -0.3 is 13.9 Å². The molecular formula is C24H16ClN3O6. The Labute approximate surface area is 197 Å². The van der Waals surface area contributed by atoms with Gasteiger partial charge in [-0.1, -0.05) is 35.9 Å². The zero-order valence-corrected chi connectivity index (χ0v) is 18.2. The molecular weight excluding hydrogens is 462 g/mol. The van der Waals surface area contributed by atoms with Crippen molar-refractivity contribution >= 4 is 40.2 Å². The monoisotopic (exact) mass is 477 g/mol. The van der Waals surface area contributed by atoms with E-state index < -0.39 is 16.9 Å². The van der Waals surface area contributed by atoms with Crippen LogP contribution in [-0.2, 0) is 4.79 Å². The number of fused-ring (bicyclic) bond motifs is 2. The Bertz CT molecular complexity index is 1450. The van der Waals surface area contributed by atoms with Gasteiger partial charge in [-0.15, -0.1) is 0 Å². The molecule has 2 heterocycles. The number of nitrogens with zero attached hydrogens (tertiary/aromatic N) is 2. The average molecular weight is 478 g/mol. The molecule has 1 aliphatic rings. The number of benzene rings is 3. The van der Waals surface area contributed by atoms with Gasteiger partial charge in [-0.25, -0.2) is 5.43 Å². The lowest BCUT2D eigenvalue weighted by molar-refractivity contribution is -0.384. The van der Waals surface area contributed by atoms with E-state index in [1.165, 1.54) is 24.4 Å². The van der Waals surface area contributed by atoms with Crippen molar-refractivity contribution in [2.45, 2.75) is 6.10 Å². The zero-order chi connectivity index (χ0) is 23.7. The third-order valence-corrected chi connectivity index (χ3v) is 5.50. The number of ether oxygens (including phenoxy) is 2. The molecule has 1 atom stereocenters. The average Bonchev–Trinajstić information content (AvgIpc) is 3.30. The first-order chi connectivity index (χ1) is 16.5. The minimum Gasteiger partial charge on any atom is -0.485 e. The van der Waals surface area contributed by atoms with Crippen LogP contribution < -0.4 is 14.9 Å². The Hall–Kier alpha value is -4.37. The second-order valence-electron chi connectivity index (χ2n) is 7.42. The van der Waals surface area contributed by atoms with Gasteiger partial charge in [0.2, 0.25) is 6.10 Å². The van der Waals surface area contributed by atoms with Crippen LogP contribution in [0.4, 0.5) is 5.69 Å². The minimum absolute atomic E-state index is 0.0518. The summed E-state index contributed by atoms with van der Waals surface area (Å²) in [4.78, 5) is 22.8. The highest BCUT2D eigenvalue weighted by Gasteiger charge is 2.27. The van der Waals surface area contributed by atoms with Crippen LogP contribution in [-0.4, -0.2) is 29.8 Å². The molecule has 1 amide bonds. The van der Waals surface area contributed by atoms with Crippen LogP contribution in [0.1, 0.15) is 5.76 Å². The number of nitrogens with one attached hydrogen (secondary N) is 1. The molecule has 3 aromatic carbocycles. The molecule has 0 fully saturated rings. The molecule has 9 nitrogen and oxygen atoms in total. The maximum Gasteiger partial charge on any atom is 0.284 e. The van der Waals surface area contributed by atoms with Crippen LogP contribution in [0.2, 0.25) is 5.02 Å². The smallest absolute Gasteiger partial charge is 0.284 e. The van der Waals surface area contributed by atoms with E-state index in [9.17, 15) is 14.9 Å². The molecule has 34 heavy (non-hydrogen) atoms. The van der Waals surface area contributed by atoms with Crippen LogP contribution in [0, 0.1) is 10.1 Å². The van der Waals surface area contributed by atoms with Crippen molar-refractivity contribution in [3.63, 3.8) is 0 Å². The van der Waals surface area contributed by atoms with Crippen LogP contribution in [0.25, 0.3) is 22.1 Å². The Balaban J connectivity index is 1.23. The summed E-state index contributed by atoms with van der Waals surface area (Å²) < 4.78 is 17.2. The summed E-state index contributed by atoms with van der Waals surface area (Å²) in [6.45, 7) is 0.0518. The van der Waals surface area contributed by atoms with Crippen molar-refractivity contribution in [1.82, 2.24) is 5.43 Å². The Kier molecular flexibility index (Phi) is 5.60. The van der Waals surface area contributed by atoms with E-state index in [-0.39, 0.29) is 17.3 Å². The molecule has 10 heteroatoms. The zero-order valence-electron chi connectivity index (χ0n) is 17.4. The summed E-state index contributed by atoms with van der Waals surface area (Å²) in [5.41, 5.74) is 2.79. The van der Waals surface area contributed by atoms with Crippen LogP contribution in [0.5, 0.6) is 11.5 Å². The van der Waals surface area contributed by atoms with Gasteiger partial charge in [-0.3, -0.25) is 14.9 Å². The lowest BCUT2D eigenvalue weighted by atomic mass is 10.1. The van der Waals surface area contributed by atoms with Crippen molar-refractivity contribution in [1.29, 1.82) is 0 Å². The SMILES string of the molecule is O=C(N/N=C/c1ccc(-c2ccc([N+](=O)[O-])cc2Cl)o1)[C@@H]1COc2cc3ccccc3cc2O1. The number of non-ortho nitro benzene ring substituents is 1. The Morgan fingerprint density at radius 2 is 1.85 bits per heavy atom. The molecule has 1 N–H and O–H groups in total. The number of hydrogen-bond donors (Lipinski definition) is 1. The first kappa shape index (κ1) is 21.5. The lowest BCUT2D eigenvalue weighted by Crippen LogP contribution is -2.42. The molecule has 0 spiro atoms. The van der Waals surface area contributed by atoms with Crippen LogP contribution in [0.15, 0.2) is 76.2 Å². The molecule has 0 aliphatic carbocycles. The molecule has 0 saturated heterocycles. The molecule has 1 aliphatic heterocycles. The number of nitro benzene ring substituents is 1. The Morgan fingerprint density at radius 1 is 1.09 bits per heavy atom. The highest BCUT2D eigenvalue weighted by Crippen LogP contribution is 2.36. The maximum atomic E-state index is 12.5. The largest absolute Gasteiger partial charge is 0.485 e. The van der Waals surface area contributed by atoms with Gasteiger partial charge in [0, 0.05) is 17.7 Å². The molecule has 1 aromatic heterocycles. The topological polar surface area (TPSA) is 116 Å². The van der Waals surface area contributed by atoms with Gasteiger partial charge in [-0.05, 0) is 41.1 Å². The fourth-order valence-electron chi connectivity index (χ4n) is 3.50. The fourth-order valence-corrected chi connectivity index (χ4v) is 3.77. The summed E-state index contributed by atoms with van der Waals surface area (Å²) in [6.07, 6.45) is 0.461. The van der Waals surface area contributed by atoms with E-state index in [1.54, 1.807) is 12.1 Å². The Morgan fingerprint density at radius 3 is 2.59 bits per heavy atom. The van der Waals surface area contributed by atoms with Gasteiger partial charge in [0.1, 0.15) is 18.1 Å². The van der Waals surface area contributed by atoms with Gasteiger partial charge in [-0.2, -0.15) is 5.10 Å². The number of hydrazone groups is 1. The molecule has 170 valence electrons. The molecule has 0 bridgehead atoms. The highest BCUT2D eigenvalue weighted by molar-refractivity contribution is 6.33. The van der Waals surface area contributed by atoms with Crippen molar-refractivity contribution in [3.05, 3.63) is 87.6 Å². The summed E-state index contributed by atoms with van der Waals surface area (Å²) >= 11 is 6.14. The van der Waals surface area contributed by atoms with E-state index in [1.807, 2.05) is 36.4 Å². The minimum atomic E-state index is -0.864. The summed E-state index contributed by atoms with van der Waals surface area (Å²) in [5, 5.41) is 17.0. The predicted molar refractivity (Wildman–Crippen MR) is 125 cm³/mol. The summed E-state index contributed by atoms with van der Waals surface area (Å²) in [7, 11) is 0. The number of carbonyl (C=O) groups excluding carboxylic acids is 1. The third kappa shape index (κ3) is 4.28. The number of halogens is 1. The standard InChI is InChI=1S/C24H16ClN3O6/c25-19-11-16(28(30)31)5-7-18(19)20-8-6-17(33-20)12-26-27-24(29)23-13-32-21-9-14-3-1-2-4-15(14)10-22(21)34-23/h1-12,23H,13H2,(H,27,29)/b26-12+/t23-/m0/s1. The number of hydrogen-bond acceptors (Lipinski definition) is 7. The highest BCUT2D eigenvalue weighted by atomic mass is 35.5. The normalized spacial score (nSPS) is 14.9. The number of furan rings is 1. The van der Waals surface area contributed by atoms with E-state index in [0.717, 1.165) is 10.8 Å². The number of carbonyl (C=O) groups is 1. The molecule has 4 aromatic rings. The summed E-state index contributed by atoms with van der Waals surface area (Å²) in [6, 6.07) is 18.9. The van der Waals surface area contributed by atoms with E-state index in [4.69, 9.17) is 25.5 Å². The number of amides is 1. The van der Waals surface area contributed by atoms with Crippen LogP contribution >= 0.6 is 11.6 Å². The third-order valence-electron chi connectivity index (χ3n) is 5.19. The second kappa shape index (κ2) is 8.87. The van der Waals surface area contributed by atoms with E-state index in [0.29, 0.717) is 28.6 Å². The van der Waals surface area contributed by atoms with Crippen LogP contribution in [0.3, 0.4) is 0 Å². The van der Waals surface area contributed by atoms with Crippen molar-refractivity contribution in [2.75, 3.05) is 6.61 Å². The molecule has 5 rings (SSSR count). The van der Waals surface area contributed by atoms with Gasteiger partial charge in [0.05, 0.1) is 16.2 Å². The first-order valence-corrected chi connectivity index (χ1v) is 10.5. The van der Waals surface area contributed by atoms with Gasteiger partial charge >= 0.3 is 0 Å². The number of nitro groups is 1. The van der Waals surface area contributed by atoms with Gasteiger partial charge in [0.25, 0.3) is 11.6 Å². The summed E-state index contributed by atoms with van der Waals surface area (Å²) in [5.74, 6) is 1.35. The molecule has 0 unspecified atom stereocenters. The van der Waals surface area contributed by atoms with E-state index in [2.05, 4.69) is 10.5 Å². The van der Waals surface area contributed by atoms with Crippen molar-refractivity contribution in [2.24, 2.45) is 5.10 Å². The number of rotatable bonds is 5. The predicted octanol–water partition coefficient (Wildman–Crippen LogP) is 4.95. The first-order valence-electron chi connectivity index (χ1n) is 10.2. The molecule has 0 radical (unpaired) electrons. The fraction of sp³-hybridized carbons (Fsp3) is 0.0833.